The third-order valence-corrected chi connectivity index (χ3v) is 16.2. The van der Waals surface area contributed by atoms with Crippen LogP contribution in [0.2, 0.25) is 0 Å². The van der Waals surface area contributed by atoms with Crippen LogP contribution in [-0.4, -0.2) is 36.4 Å². The van der Waals surface area contributed by atoms with E-state index in [0.717, 1.165) is 83.5 Å². The Balaban J connectivity index is 3.43. The fourth-order valence-electron chi connectivity index (χ4n) is 10.8. The van der Waals surface area contributed by atoms with E-state index < -0.39 is 6.10 Å². The van der Waals surface area contributed by atoms with Crippen LogP contribution in [0.5, 0.6) is 0 Å². The van der Waals surface area contributed by atoms with Crippen molar-refractivity contribution < 1.29 is 24.2 Å². The number of aliphatic hydroxyl groups excluding tert-OH is 1. The van der Waals surface area contributed by atoms with Gasteiger partial charge in [0.1, 0.15) is 6.61 Å². The van der Waals surface area contributed by atoms with Crippen molar-refractivity contribution in [2.24, 2.45) is 0 Å². The average molecular weight is 1140 g/mol. The molecule has 1 N–H and O–H groups in total. The van der Waals surface area contributed by atoms with Crippen LogP contribution in [-0.2, 0) is 19.1 Å². The van der Waals surface area contributed by atoms with E-state index >= 15 is 0 Å². The van der Waals surface area contributed by atoms with Crippen molar-refractivity contribution in [1.29, 1.82) is 0 Å². The van der Waals surface area contributed by atoms with E-state index in [2.05, 4.69) is 98.9 Å². The predicted octanol–water partition coefficient (Wildman–Crippen LogP) is 25.2. The first kappa shape index (κ1) is 79.1. The van der Waals surface area contributed by atoms with Gasteiger partial charge in [-0.15, -0.1) is 0 Å². The molecule has 0 fully saturated rings. The third kappa shape index (κ3) is 69.6. The first-order chi connectivity index (χ1) is 40.6. The summed E-state index contributed by atoms with van der Waals surface area (Å²) in [6, 6.07) is 0. The molecule has 0 aliphatic rings. The molecule has 0 amide bonds. The molecule has 1 unspecified atom stereocenters. The molecule has 0 aliphatic carbocycles. The molecule has 0 heterocycles. The predicted molar refractivity (Wildman–Crippen MR) is 362 cm³/mol. The Kier molecular flexibility index (Phi) is 69.8. The van der Waals surface area contributed by atoms with Gasteiger partial charge in [-0.3, -0.25) is 9.59 Å². The molecule has 1 atom stereocenters. The smallest absolute Gasteiger partial charge is 0.306 e. The van der Waals surface area contributed by atoms with Crippen molar-refractivity contribution >= 4 is 11.9 Å². The number of aliphatic hydroxyl groups is 1. The highest BCUT2D eigenvalue weighted by atomic mass is 16.6. The normalized spacial score (nSPS) is 12.7. The van der Waals surface area contributed by atoms with Gasteiger partial charge in [0.25, 0.3) is 0 Å². The zero-order valence-electron chi connectivity index (χ0n) is 54.8. The van der Waals surface area contributed by atoms with Crippen molar-refractivity contribution in [1.82, 2.24) is 0 Å². The Bertz CT molecular complexity index is 1480. The van der Waals surface area contributed by atoms with Crippen LogP contribution < -0.4 is 0 Å². The van der Waals surface area contributed by atoms with E-state index in [-0.39, 0.29) is 25.2 Å². The van der Waals surface area contributed by atoms with Gasteiger partial charge < -0.3 is 14.6 Å². The SMILES string of the molecule is CC/C=C\C/C=C\C/C=C\C/C=C\C/C=C\C/C=C\C/C=C\CCCCCCCCCCCCCC(=O)OC(CO)COC(=O)CCCCCCCCCCCCCCCCCCCCCCCCCCCCCCCCCCCCC. The second-order valence-electron chi connectivity index (χ2n) is 24.3. The number of ether oxygens (including phenoxy) is 2. The minimum Gasteiger partial charge on any atom is -0.462 e. The Labute approximate surface area is 511 Å². The van der Waals surface area contributed by atoms with Crippen LogP contribution in [0.15, 0.2) is 85.1 Å². The molecule has 0 spiro atoms. The zero-order chi connectivity index (χ0) is 59.1. The van der Waals surface area contributed by atoms with Crippen LogP contribution >= 0.6 is 0 Å². The molecule has 0 saturated carbocycles. The molecule has 0 aromatic rings. The first-order valence-corrected chi connectivity index (χ1v) is 36.1. The van der Waals surface area contributed by atoms with E-state index in [0.29, 0.717) is 12.8 Å². The Morgan fingerprint density at radius 3 is 0.793 bits per heavy atom. The van der Waals surface area contributed by atoms with Gasteiger partial charge in [0.2, 0.25) is 0 Å². The fraction of sp³-hybridized carbons (Fsp3) is 0.792. The zero-order valence-corrected chi connectivity index (χ0v) is 54.8. The molecule has 82 heavy (non-hydrogen) atoms. The Morgan fingerprint density at radius 1 is 0.293 bits per heavy atom. The van der Waals surface area contributed by atoms with Gasteiger partial charge in [-0.2, -0.15) is 0 Å². The average Bonchev–Trinajstić information content (AvgIpc) is 3.49. The second kappa shape index (κ2) is 72.3. The number of unbranched alkanes of at least 4 members (excludes halogenated alkanes) is 45. The van der Waals surface area contributed by atoms with Crippen LogP contribution in [0.4, 0.5) is 0 Å². The summed E-state index contributed by atoms with van der Waals surface area (Å²) in [5.41, 5.74) is 0. The van der Waals surface area contributed by atoms with E-state index in [1.807, 2.05) is 0 Å². The summed E-state index contributed by atoms with van der Waals surface area (Å²) in [4.78, 5) is 24.7. The van der Waals surface area contributed by atoms with Gasteiger partial charge in [0.05, 0.1) is 6.61 Å². The van der Waals surface area contributed by atoms with Crippen molar-refractivity contribution in [2.45, 2.75) is 380 Å². The Morgan fingerprint density at radius 2 is 0.524 bits per heavy atom. The first-order valence-electron chi connectivity index (χ1n) is 36.1. The van der Waals surface area contributed by atoms with E-state index in [9.17, 15) is 14.7 Å². The van der Waals surface area contributed by atoms with Crippen molar-refractivity contribution in [3.63, 3.8) is 0 Å². The van der Waals surface area contributed by atoms with Crippen molar-refractivity contribution in [2.75, 3.05) is 13.2 Å². The molecular weight excluding hydrogens is 1000 g/mol. The summed E-state index contributed by atoms with van der Waals surface area (Å²) >= 11 is 0. The number of allylic oxidation sites excluding steroid dienone is 14. The van der Waals surface area contributed by atoms with Gasteiger partial charge in [0.15, 0.2) is 6.10 Å². The summed E-state index contributed by atoms with van der Waals surface area (Å²) < 4.78 is 10.8. The molecule has 5 nitrogen and oxygen atoms in total. The molecular formula is C77H138O5. The fourth-order valence-corrected chi connectivity index (χ4v) is 10.8. The highest BCUT2D eigenvalue weighted by Crippen LogP contribution is 2.19. The molecule has 5 heteroatoms. The quantitative estimate of drug-likeness (QED) is 0.0373. The number of esters is 2. The second-order valence-corrected chi connectivity index (χ2v) is 24.3. The maximum absolute atomic E-state index is 12.4. The monoisotopic (exact) mass is 1140 g/mol. The van der Waals surface area contributed by atoms with Gasteiger partial charge >= 0.3 is 11.9 Å². The van der Waals surface area contributed by atoms with Crippen LogP contribution in [0.25, 0.3) is 0 Å². The van der Waals surface area contributed by atoms with Gasteiger partial charge in [-0.05, 0) is 70.6 Å². The molecule has 0 bridgehead atoms. The molecule has 0 radical (unpaired) electrons. The summed E-state index contributed by atoms with van der Waals surface area (Å²) in [5, 5.41) is 9.71. The van der Waals surface area contributed by atoms with E-state index in [1.54, 1.807) is 0 Å². The summed E-state index contributed by atoms with van der Waals surface area (Å²) in [5.74, 6) is -0.579. The minimum absolute atomic E-state index is 0.0659. The lowest BCUT2D eigenvalue weighted by atomic mass is 10.0. The largest absolute Gasteiger partial charge is 0.462 e. The number of carbonyl (C=O) groups excluding carboxylic acids is 2. The van der Waals surface area contributed by atoms with Crippen LogP contribution in [0.1, 0.15) is 373 Å². The van der Waals surface area contributed by atoms with Gasteiger partial charge in [0, 0.05) is 12.8 Å². The molecule has 0 aromatic carbocycles. The molecule has 0 aliphatic heterocycles. The van der Waals surface area contributed by atoms with Crippen LogP contribution in [0.3, 0.4) is 0 Å². The lowest BCUT2D eigenvalue weighted by Gasteiger charge is -2.15. The van der Waals surface area contributed by atoms with Gasteiger partial charge in [-0.1, -0.05) is 375 Å². The summed E-state index contributed by atoms with van der Waals surface area (Å²) in [7, 11) is 0. The molecule has 0 aromatic heterocycles. The standard InChI is InChI=1S/C77H138O5/c1-3-5-7-9-11-13-15-17-19-21-23-25-27-29-31-33-35-37-38-40-41-43-45-47-49-51-53-55-57-59-61-63-65-67-69-71-76(79)81-74-75(73-78)82-77(80)72-70-68-66-64-62-60-58-56-54-52-50-48-46-44-42-39-36-34-32-30-28-26-24-22-20-18-16-14-12-10-8-6-4-2/h6,8,12,14,18,20,24,26,30,32,36,39,44,46,75,78H,3-5,7,9-11,13,15-17,19,21-23,25,27-29,31,33-35,37-38,40-43,45,47-74H2,1-2H3/b8-6-,14-12-,20-18-,26-24-,32-30-,39-36-,46-44-. The van der Waals surface area contributed by atoms with E-state index in [1.165, 1.54) is 263 Å². The Hall–Kier alpha value is -2.92. The minimum atomic E-state index is -0.778. The number of rotatable bonds is 67. The maximum Gasteiger partial charge on any atom is 0.306 e. The van der Waals surface area contributed by atoms with Crippen molar-refractivity contribution in [3.8, 4) is 0 Å². The maximum atomic E-state index is 12.4. The third-order valence-electron chi connectivity index (χ3n) is 16.2. The van der Waals surface area contributed by atoms with Crippen LogP contribution in [0, 0.1) is 0 Å². The number of carbonyl (C=O) groups is 2. The highest BCUT2D eigenvalue weighted by Gasteiger charge is 2.16. The summed E-state index contributed by atoms with van der Waals surface area (Å²) in [6.45, 7) is 4.07. The lowest BCUT2D eigenvalue weighted by molar-refractivity contribution is -0.161. The molecule has 476 valence electrons. The highest BCUT2D eigenvalue weighted by molar-refractivity contribution is 5.70. The lowest BCUT2D eigenvalue weighted by Crippen LogP contribution is -2.28. The number of hydrogen-bond acceptors (Lipinski definition) is 5. The molecule has 0 saturated heterocycles. The van der Waals surface area contributed by atoms with E-state index in [4.69, 9.17) is 9.47 Å². The summed E-state index contributed by atoms with van der Waals surface area (Å²) in [6.07, 6.45) is 102. The molecule has 0 rings (SSSR count). The van der Waals surface area contributed by atoms with Crippen molar-refractivity contribution in [3.05, 3.63) is 85.1 Å². The van der Waals surface area contributed by atoms with Gasteiger partial charge in [-0.25, -0.2) is 0 Å². The number of hydrogen-bond donors (Lipinski definition) is 1. The topological polar surface area (TPSA) is 72.8 Å².